The van der Waals surface area contributed by atoms with Crippen LogP contribution in [0.4, 0.5) is 11.4 Å². The molecule has 4 aliphatic heterocycles. The van der Waals surface area contributed by atoms with Crippen LogP contribution in [-0.4, -0.2) is 39.9 Å². The average molecular weight is 951 g/mol. The maximum Gasteiger partial charge on any atom is 0.135 e. The van der Waals surface area contributed by atoms with Gasteiger partial charge in [0.1, 0.15) is 11.4 Å². The maximum absolute atomic E-state index is 5.54. The third kappa shape index (κ3) is 7.89. The van der Waals surface area contributed by atoms with Crippen LogP contribution in [0.3, 0.4) is 0 Å². The van der Waals surface area contributed by atoms with Crippen molar-refractivity contribution < 1.29 is 0 Å². The fraction of sp³-hybridized carbons (Fsp3) is 0. The van der Waals surface area contributed by atoms with Crippen LogP contribution in [0.1, 0.15) is 45.6 Å². The molecule has 0 saturated carbocycles. The third-order valence-electron chi connectivity index (χ3n) is 13.6. The SMILES string of the molecule is C1=Cc2cc3ccc([nH]3)c(N=Nc3c4nc(c(-c5ccccc5)c5ccc([nH]5)c(-c5ccccc5)c5nc(c(-c6ccccc6)c6[nH]c3cc6-c3ccccc3)C=C5)C=C4)c3nc(cc4ccc(cc1n2)[nH]4)C=C3. The first-order chi connectivity index (χ1) is 36.6. The second-order valence-corrected chi connectivity index (χ2v) is 18.4. The largest absolute Gasteiger partial charge is 0.355 e. The highest BCUT2D eigenvalue weighted by Gasteiger charge is 2.21. The lowest BCUT2D eigenvalue weighted by molar-refractivity contribution is 1.19. The summed E-state index contributed by atoms with van der Waals surface area (Å²) < 4.78 is 0. The molecule has 0 aliphatic carbocycles. The van der Waals surface area contributed by atoms with E-state index in [1.807, 2.05) is 97.1 Å². The van der Waals surface area contributed by atoms with Crippen molar-refractivity contribution in [1.82, 2.24) is 39.9 Å². The van der Waals surface area contributed by atoms with Crippen molar-refractivity contribution in [3.05, 3.63) is 228 Å². The first kappa shape index (κ1) is 42.5. The van der Waals surface area contributed by atoms with Crippen molar-refractivity contribution in [2.75, 3.05) is 0 Å². The van der Waals surface area contributed by atoms with Gasteiger partial charge in [-0.15, -0.1) is 10.2 Å². The lowest BCUT2D eigenvalue weighted by Gasteiger charge is -2.07. The van der Waals surface area contributed by atoms with Gasteiger partial charge in [-0.25, -0.2) is 19.9 Å². The van der Waals surface area contributed by atoms with Gasteiger partial charge in [0.15, 0.2) is 0 Å². The van der Waals surface area contributed by atoms with Crippen molar-refractivity contribution in [3.63, 3.8) is 0 Å². The number of rotatable bonds is 6. The fourth-order valence-corrected chi connectivity index (χ4v) is 10.1. The molecule has 348 valence electrons. The molecule has 0 atom stereocenters. The number of benzene rings is 4. The summed E-state index contributed by atoms with van der Waals surface area (Å²) >= 11 is 0. The number of aromatic amines is 4. The van der Waals surface area contributed by atoms with Crippen LogP contribution < -0.4 is 0 Å². The molecule has 0 amide bonds. The molecule has 4 aliphatic rings. The van der Waals surface area contributed by atoms with Gasteiger partial charge in [-0.2, -0.15) is 0 Å². The Hall–Kier alpha value is -10.3. The van der Waals surface area contributed by atoms with Crippen molar-refractivity contribution in [2.45, 2.75) is 0 Å². The molecule has 0 spiro atoms. The predicted molar refractivity (Wildman–Crippen MR) is 304 cm³/mol. The molecular weight excluding hydrogens is 909 g/mol. The van der Waals surface area contributed by atoms with Crippen molar-refractivity contribution in [1.29, 1.82) is 0 Å². The van der Waals surface area contributed by atoms with Gasteiger partial charge in [0.2, 0.25) is 0 Å². The summed E-state index contributed by atoms with van der Waals surface area (Å²) in [7, 11) is 0. The number of H-pyrrole nitrogens is 4. The van der Waals surface area contributed by atoms with Crippen molar-refractivity contribution >= 4 is 104 Å². The van der Waals surface area contributed by atoms with E-state index in [2.05, 4.69) is 153 Å². The number of nitrogens with zero attached hydrogens (tertiary/aromatic N) is 6. The topological polar surface area (TPSA) is 139 Å². The van der Waals surface area contributed by atoms with Crippen LogP contribution in [0.25, 0.3) is 137 Å². The van der Waals surface area contributed by atoms with E-state index in [-0.39, 0.29) is 0 Å². The van der Waals surface area contributed by atoms with E-state index in [1.54, 1.807) is 0 Å². The highest BCUT2D eigenvalue weighted by atomic mass is 15.1. The van der Waals surface area contributed by atoms with E-state index in [0.29, 0.717) is 22.8 Å². The van der Waals surface area contributed by atoms with Gasteiger partial charge in [-0.05, 0) is 132 Å². The Morgan fingerprint density at radius 3 is 1.30 bits per heavy atom. The van der Waals surface area contributed by atoms with Crippen LogP contribution >= 0.6 is 0 Å². The molecule has 10 heterocycles. The van der Waals surface area contributed by atoms with Crippen LogP contribution in [0.5, 0.6) is 0 Å². The van der Waals surface area contributed by atoms with E-state index >= 15 is 0 Å². The van der Waals surface area contributed by atoms with Gasteiger partial charge >= 0.3 is 0 Å². The molecule has 10 nitrogen and oxygen atoms in total. The Kier molecular flexibility index (Phi) is 10.2. The lowest BCUT2D eigenvalue weighted by atomic mass is 9.99. The number of nitrogens with one attached hydrogen (secondary N) is 4. The van der Waals surface area contributed by atoms with E-state index in [9.17, 15) is 0 Å². The molecule has 0 unspecified atom stereocenters. The molecule has 10 heteroatoms. The second kappa shape index (κ2) is 17.8. The van der Waals surface area contributed by atoms with E-state index in [1.165, 1.54) is 0 Å². The molecule has 6 aromatic heterocycles. The zero-order valence-electron chi connectivity index (χ0n) is 39.6. The maximum atomic E-state index is 5.54. The minimum absolute atomic E-state index is 0.537. The van der Waals surface area contributed by atoms with Gasteiger partial charge < -0.3 is 19.9 Å². The third-order valence-corrected chi connectivity index (χ3v) is 13.6. The minimum Gasteiger partial charge on any atom is -0.355 e. The first-order valence-electron chi connectivity index (χ1n) is 24.5. The molecule has 10 aromatic rings. The molecule has 4 N–H and O–H groups in total. The van der Waals surface area contributed by atoms with E-state index in [4.69, 9.17) is 30.2 Å². The molecule has 16 bridgehead atoms. The predicted octanol–water partition coefficient (Wildman–Crippen LogP) is 16.7. The monoisotopic (exact) mass is 950 g/mol. The minimum atomic E-state index is 0.537. The number of azo groups is 1. The summed E-state index contributed by atoms with van der Waals surface area (Å²) in [5.41, 5.74) is 22.1. The number of aromatic nitrogens is 8. The second-order valence-electron chi connectivity index (χ2n) is 18.4. The summed E-state index contributed by atoms with van der Waals surface area (Å²) in [5.74, 6) is 0. The first-order valence-corrected chi connectivity index (χ1v) is 24.5. The molecule has 0 fully saturated rings. The Morgan fingerprint density at radius 1 is 0.284 bits per heavy atom. The van der Waals surface area contributed by atoms with Gasteiger partial charge in [-0.3, -0.25) is 0 Å². The zero-order valence-corrected chi connectivity index (χ0v) is 39.6. The molecule has 0 saturated heterocycles. The normalized spacial score (nSPS) is 12.6. The summed E-state index contributed by atoms with van der Waals surface area (Å²) in [6, 6.07) is 62.4. The van der Waals surface area contributed by atoms with Gasteiger partial charge in [0, 0.05) is 49.8 Å². The van der Waals surface area contributed by atoms with Gasteiger partial charge in [0.25, 0.3) is 0 Å². The average Bonchev–Trinajstić information content (AvgIpc) is 4.29. The van der Waals surface area contributed by atoms with Crippen LogP contribution in [0.2, 0.25) is 0 Å². The van der Waals surface area contributed by atoms with Gasteiger partial charge in [0.05, 0.1) is 62.1 Å². The number of hydrogen-bond donors (Lipinski definition) is 4. The Morgan fingerprint density at radius 2 is 0.703 bits per heavy atom. The van der Waals surface area contributed by atoms with Crippen LogP contribution in [0, 0.1) is 0 Å². The summed E-state index contributed by atoms with van der Waals surface area (Å²) in [4.78, 5) is 35.9. The smallest absolute Gasteiger partial charge is 0.135 e. The van der Waals surface area contributed by atoms with E-state index in [0.717, 1.165) is 123 Å². The van der Waals surface area contributed by atoms with Crippen LogP contribution in [0.15, 0.2) is 192 Å². The molecular formula is C64H42N10. The summed E-state index contributed by atoms with van der Waals surface area (Å²) in [6.45, 7) is 0. The van der Waals surface area contributed by atoms with Crippen LogP contribution in [-0.2, 0) is 0 Å². The fourth-order valence-electron chi connectivity index (χ4n) is 10.1. The summed E-state index contributed by atoms with van der Waals surface area (Å²) in [6.07, 6.45) is 16.4. The standard InChI is InChI=1S/C64H42N10/c1-5-13-39(14-6-1)49-38-58-64(74-73-63-55-27-25-47(67-55)36-45-23-21-43(65-45)35-44-22-24-46(66-44)37-48-26-28-56(63)68-48)57-34-33-53(71-57)60(41-17-9-3-10-18-41)51-30-29-50(69-51)59(40-15-7-2-8-16-40)52-31-32-54(70-52)61(62(49)72-58)42-19-11-4-12-20-42/h1-38,65,68-69,72H. The Labute approximate surface area is 424 Å². The Balaban J connectivity index is 1.11. The zero-order chi connectivity index (χ0) is 49.0. The molecule has 74 heavy (non-hydrogen) atoms. The van der Waals surface area contributed by atoms with Gasteiger partial charge in [-0.1, -0.05) is 121 Å². The Bertz CT molecular complexity index is 4400. The number of fused-ring (bicyclic) bond motifs is 16. The van der Waals surface area contributed by atoms with E-state index < -0.39 is 0 Å². The lowest BCUT2D eigenvalue weighted by Crippen LogP contribution is -1.89. The highest BCUT2D eigenvalue weighted by Crippen LogP contribution is 2.42. The highest BCUT2D eigenvalue weighted by molar-refractivity contribution is 6.03. The molecule has 0 radical (unpaired) electrons. The molecule has 4 aromatic carbocycles. The van der Waals surface area contributed by atoms with Crippen molar-refractivity contribution in [2.24, 2.45) is 10.2 Å². The number of hydrogen-bond acceptors (Lipinski definition) is 6. The molecule has 14 rings (SSSR count). The quantitative estimate of drug-likeness (QED) is 0.123. The van der Waals surface area contributed by atoms with Crippen molar-refractivity contribution in [3.8, 4) is 44.5 Å². The summed E-state index contributed by atoms with van der Waals surface area (Å²) in [5, 5.41) is 10.5.